The molecule has 2 aromatic heterocycles. The van der Waals surface area contributed by atoms with Gasteiger partial charge < -0.3 is 9.40 Å². The van der Waals surface area contributed by atoms with Crippen LogP contribution in [0.2, 0.25) is 0 Å². The van der Waals surface area contributed by atoms with E-state index >= 15 is 0 Å². The van der Waals surface area contributed by atoms with Crippen molar-refractivity contribution in [2.75, 3.05) is 7.05 Å². The summed E-state index contributed by atoms with van der Waals surface area (Å²) in [6.07, 6.45) is 1.65. The van der Waals surface area contributed by atoms with E-state index in [0.717, 1.165) is 11.3 Å². The monoisotopic (exact) mass is 269 g/mol. The highest BCUT2D eigenvalue weighted by atomic mass is 16.3. The zero-order chi connectivity index (χ0) is 13.9. The second-order valence-corrected chi connectivity index (χ2v) is 4.78. The lowest BCUT2D eigenvalue weighted by Crippen LogP contribution is -2.21. The summed E-state index contributed by atoms with van der Waals surface area (Å²) in [7, 11) is 1.96. The number of rotatable bonds is 4. The number of aromatic amines is 1. The number of H-pyrrole nitrogens is 1. The van der Waals surface area contributed by atoms with Crippen LogP contribution in [0.3, 0.4) is 0 Å². The first-order chi connectivity index (χ1) is 9.72. The number of aromatic nitrogens is 2. The summed E-state index contributed by atoms with van der Waals surface area (Å²) >= 11 is 0. The standard InChI is InChI=1S/C15H15N3O2/c1-18(9-11-5-4-8-20-11)10-14-16-13-7-3-2-6-12(13)15(19)17-14/h2-8H,9-10H2,1H3,(H,16,17,19). The van der Waals surface area contributed by atoms with Crippen molar-refractivity contribution in [2.45, 2.75) is 13.1 Å². The minimum Gasteiger partial charge on any atom is -0.468 e. The van der Waals surface area contributed by atoms with E-state index in [1.165, 1.54) is 0 Å². The van der Waals surface area contributed by atoms with Gasteiger partial charge in [-0.05, 0) is 31.3 Å². The molecule has 3 aromatic rings. The number of benzene rings is 1. The number of hydrogen-bond donors (Lipinski definition) is 1. The molecule has 0 aliphatic rings. The van der Waals surface area contributed by atoms with Gasteiger partial charge in [0.1, 0.15) is 11.6 Å². The maximum atomic E-state index is 12.0. The molecule has 102 valence electrons. The van der Waals surface area contributed by atoms with Crippen LogP contribution in [0.4, 0.5) is 0 Å². The Morgan fingerprint density at radius 2 is 2.05 bits per heavy atom. The van der Waals surface area contributed by atoms with Crippen molar-refractivity contribution >= 4 is 10.9 Å². The van der Waals surface area contributed by atoms with Gasteiger partial charge in [-0.1, -0.05) is 12.1 Å². The fraction of sp³-hybridized carbons (Fsp3) is 0.200. The molecule has 1 aromatic carbocycles. The Balaban J connectivity index is 1.82. The van der Waals surface area contributed by atoms with Crippen LogP contribution in [0.15, 0.2) is 51.9 Å². The van der Waals surface area contributed by atoms with Crippen molar-refractivity contribution in [3.05, 3.63) is 64.6 Å². The van der Waals surface area contributed by atoms with Crippen molar-refractivity contribution < 1.29 is 4.42 Å². The molecule has 20 heavy (non-hydrogen) atoms. The molecule has 0 saturated carbocycles. The first-order valence-electron chi connectivity index (χ1n) is 6.41. The smallest absolute Gasteiger partial charge is 0.258 e. The molecule has 5 heteroatoms. The molecular weight excluding hydrogens is 254 g/mol. The fourth-order valence-electron chi connectivity index (χ4n) is 2.19. The topological polar surface area (TPSA) is 62.1 Å². The van der Waals surface area contributed by atoms with E-state index in [1.807, 2.05) is 42.3 Å². The Morgan fingerprint density at radius 3 is 2.85 bits per heavy atom. The molecule has 5 nitrogen and oxygen atoms in total. The van der Waals surface area contributed by atoms with E-state index in [2.05, 4.69) is 9.97 Å². The second kappa shape index (κ2) is 5.30. The van der Waals surface area contributed by atoms with Gasteiger partial charge in [0.25, 0.3) is 5.56 Å². The molecule has 0 aliphatic carbocycles. The average molecular weight is 269 g/mol. The third-order valence-corrected chi connectivity index (χ3v) is 3.09. The third-order valence-electron chi connectivity index (χ3n) is 3.09. The lowest BCUT2D eigenvalue weighted by atomic mass is 10.2. The summed E-state index contributed by atoms with van der Waals surface area (Å²) in [6, 6.07) is 11.1. The van der Waals surface area contributed by atoms with Gasteiger partial charge in [0.15, 0.2) is 0 Å². The van der Waals surface area contributed by atoms with Gasteiger partial charge in [-0.15, -0.1) is 0 Å². The molecule has 0 bridgehead atoms. The Hall–Kier alpha value is -2.40. The maximum Gasteiger partial charge on any atom is 0.258 e. The van der Waals surface area contributed by atoms with Crippen LogP contribution in [0, 0.1) is 0 Å². The van der Waals surface area contributed by atoms with Gasteiger partial charge in [-0.2, -0.15) is 0 Å². The molecule has 0 fully saturated rings. The van der Waals surface area contributed by atoms with Gasteiger partial charge in [-0.3, -0.25) is 9.69 Å². The Morgan fingerprint density at radius 1 is 1.20 bits per heavy atom. The summed E-state index contributed by atoms with van der Waals surface area (Å²) in [6.45, 7) is 1.23. The summed E-state index contributed by atoms with van der Waals surface area (Å²) in [4.78, 5) is 21.3. The molecular formula is C15H15N3O2. The first kappa shape index (κ1) is 12.6. The number of para-hydroxylation sites is 1. The number of nitrogens with zero attached hydrogens (tertiary/aromatic N) is 2. The molecule has 3 rings (SSSR count). The SMILES string of the molecule is CN(Cc1nc2ccccc2c(=O)[nH]1)Cc1ccco1. The summed E-state index contributed by atoms with van der Waals surface area (Å²) in [5, 5.41) is 0.616. The van der Waals surface area contributed by atoms with Crippen molar-refractivity contribution in [1.29, 1.82) is 0 Å². The van der Waals surface area contributed by atoms with Crippen LogP contribution in [-0.4, -0.2) is 21.9 Å². The van der Waals surface area contributed by atoms with E-state index < -0.39 is 0 Å². The molecule has 0 amide bonds. The zero-order valence-corrected chi connectivity index (χ0v) is 11.2. The van der Waals surface area contributed by atoms with Crippen molar-refractivity contribution in [3.8, 4) is 0 Å². The third kappa shape index (κ3) is 2.62. The van der Waals surface area contributed by atoms with Crippen LogP contribution in [0.1, 0.15) is 11.6 Å². The van der Waals surface area contributed by atoms with E-state index in [1.54, 1.807) is 12.3 Å². The highest BCUT2D eigenvalue weighted by Crippen LogP contribution is 2.08. The minimum absolute atomic E-state index is 0.100. The Labute approximate surface area is 115 Å². The molecule has 0 saturated heterocycles. The predicted molar refractivity (Wildman–Crippen MR) is 76.2 cm³/mol. The normalized spacial score (nSPS) is 11.3. The van der Waals surface area contributed by atoms with Crippen LogP contribution in [0.25, 0.3) is 10.9 Å². The highest BCUT2D eigenvalue weighted by molar-refractivity contribution is 5.77. The molecule has 0 unspecified atom stereocenters. The van der Waals surface area contributed by atoms with E-state index in [-0.39, 0.29) is 5.56 Å². The number of furan rings is 1. The highest BCUT2D eigenvalue weighted by Gasteiger charge is 2.07. The molecule has 2 heterocycles. The molecule has 0 atom stereocenters. The van der Waals surface area contributed by atoms with Gasteiger partial charge in [0, 0.05) is 0 Å². The fourth-order valence-corrected chi connectivity index (χ4v) is 2.19. The molecule has 1 N–H and O–H groups in total. The quantitative estimate of drug-likeness (QED) is 0.788. The van der Waals surface area contributed by atoms with Crippen LogP contribution < -0.4 is 5.56 Å². The molecule has 0 radical (unpaired) electrons. The first-order valence-corrected chi connectivity index (χ1v) is 6.41. The van der Waals surface area contributed by atoms with E-state index in [0.29, 0.717) is 24.3 Å². The maximum absolute atomic E-state index is 12.0. The summed E-state index contributed by atoms with van der Waals surface area (Å²) in [5.74, 6) is 1.54. The van der Waals surface area contributed by atoms with Crippen LogP contribution in [-0.2, 0) is 13.1 Å². The van der Waals surface area contributed by atoms with E-state index in [9.17, 15) is 4.79 Å². The average Bonchev–Trinajstić information content (AvgIpc) is 2.91. The van der Waals surface area contributed by atoms with Gasteiger partial charge >= 0.3 is 0 Å². The van der Waals surface area contributed by atoms with Crippen LogP contribution >= 0.6 is 0 Å². The molecule has 0 spiro atoms. The van der Waals surface area contributed by atoms with Crippen molar-refractivity contribution in [3.63, 3.8) is 0 Å². The van der Waals surface area contributed by atoms with Gasteiger partial charge in [-0.25, -0.2) is 4.98 Å². The van der Waals surface area contributed by atoms with Crippen molar-refractivity contribution in [1.82, 2.24) is 14.9 Å². The minimum atomic E-state index is -0.100. The predicted octanol–water partition coefficient (Wildman–Crippen LogP) is 2.15. The van der Waals surface area contributed by atoms with Gasteiger partial charge in [0.2, 0.25) is 0 Å². The largest absolute Gasteiger partial charge is 0.468 e. The molecule has 0 aliphatic heterocycles. The number of nitrogens with one attached hydrogen (secondary N) is 1. The van der Waals surface area contributed by atoms with Crippen LogP contribution in [0.5, 0.6) is 0 Å². The Bertz CT molecular complexity index is 762. The lowest BCUT2D eigenvalue weighted by Gasteiger charge is -2.14. The summed E-state index contributed by atoms with van der Waals surface area (Å²) in [5.41, 5.74) is 0.620. The Kier molecular flexibility index (Phi) is 3.35. The number of fused-ring (bicyclic) bond motifs is 1. The van der Waals surface area contributed by atoms with Gasteiger partial charge in [0.05, 0.1) is 30.3 Å². The second-order valence-electron chi connectivity index (χ2n) is 4.78. The van der Waals surface area contributed by atoms with E-state index in [4.69, 9.17) is 4.42 Å². The number of hydrogen-bond acceptors (Lipinski definition) is 4. The summed E-state index contributed by atoms with van der Waals surface area (Å²) < 4.78 is 5.30. The lowest BCUT2D eigenvalue weighted by molar-refractivity contribution is 0.281. The van der Waals surface area contributed by atoms with Crippen molar-refractivity contribution in [2.24, 2.45) is 0 Å². The zero-order valence-electron chi connectivity index (χ0n) is 11.2.